The summed E-state index contributed by atoms with van der Waals surface area (Å²) >= 11 is 0. The maximum absolute atomic E-state index is 12.2. The number of allylic oxidation sites excluding steroid dienone is 1. The molecule has 1 N–H and O–H groups in total. The van der Waals surface area contributed by atoms with Gasteiger partial charge in [-0.25, -0.2) is 0 Å². The molecule has 0 fully saturated rings. The van der Waals surface area contributed by atoms with E-state index < -0.39 is 0 Å². The van der Waals surface area contributed by atoms with Gasteiger partial charge in [-0.05, 0) is 43.2 Å². The second-order valence-electron chi connectivity index (χ2n) is 5.21. The van der Waals surface area contributed by atoms with Crippen molar-refractivity contribution in [2.75, 3.05) is 19.5 Å². The number of methoxy groups -OCH3 is 2. The van der Waals surface area contributed by atoms with Crippen LogP contribution in [0.3, 0.4) is 0 Å². The first-order valence-electron chi connectivity index (χ1n) is 7.32. The van der Waals surface area contributed by atoms with Crippen molar-refractivity contribution in [1.29, 1.82) is 0 Å². The van der Waals surface area contributed by atoms with E-state index in [1.807, 2.05) is 44.2 Å². The number of carbonyl (C=O) groups excluding carboxylic acids is 1. The Kier molecular flexibility index (Phi) is 5.41. The molecular formula is C19H21NO3. The molecule has 0 radical (unpaired) electrons. The van der Waals surface area contributed by atoms with Gasteiger partial charge in [0.05, 0.1) is 19.9 Å². The molecule has 0 atom stereocenters. The maximum atomic E-state index is 12.2. The fourth-order valence-electron chi connectivity index (χ4n) is 2.12. The molecule has 0 amide bonds. The molecule has 0 aliphatic carbocycles. The largest absolute Gasteiger partial charge is 0.497 e. The molecule has 0 unspecified atom stereocenters. The van der Waals surface area contributed by atoms with E-state index in [1.54, 1.807) is 26.5 Å². The standard InChI is InChI=1S/C19H21NO3/c1-13-5-6-15(11-14(13)2)18(21)9-10-20-17-12-16(22-3)7-8-19(17)23-4/h5-12,20H,1-4H3. The molecule has 0 heterocycles. The van der Waals surface area contributed by atoms with Gasteiger partial charge in [0.1, 0.15) is 11.5 Å². The lowest BCUT2D eigenvalue weighted by molar-refractivity contribution is 0.104. The predicted molar refractivity (Wildman–Crippen MR) is 92.6 cm³/mol. The second kappa shape index (κ2) is 7.49. The van der Waals surface area contributed by atoms with Crippen molar-refractivity contribution in [1.82, 2.24) is 0 Å². The highest BCUT2D eigenvalue weighted by molar-refractivity contribution is 6.04. The van der Waals surface area contributed by atoms with Crippen molar-refractivity contribution < 1.29 is 14.3 Å². The minimum atomic E-state index is -0.0533. The molecular weight excluding hydrogens is 290 g/mol. The SMILES string of the molecule is COc1ccc(OC)c(NC=CC(=O)c2ccc(C)c(C)c2)c1. The van der Waals surface area contributed by atoms with E-state index in [1.165, 1.54) is 11.6 Å². The Balaban J connectivity index is 2.11. The number of hydrogen-bond donors (Lipinski definition) is 1. The van der Waals surface area contributed by atoms with Crippen LogP contribution in [0.1, 0.15) is 21.5 Å². The number of carbonyl (C=O) groups is 1. The van der Waals surface area contributed by atoms with Crippen LogP contribution in [0.25, 0.3) is 0 Å². The minimum Gasteiger partial charge on any atom is -0.497 e. The lowest BCUT2D eigenvalue weighted by Gasteiger charge is -2.10. The summed E-state index contributed by atoms with van der Waals surface area (Å²) in [4.78, 5) is 12.2. The van der Waals surface area contributed by atoms with E-state index in [9.17, 15) is 4.79 Å². The Bertz CT molecular complexity index is 735. The lowest BCUT2D eigenvalue weighted by Crippen LogP contribution is -1.99. The normalized spacial score (nSPS) is 10.6. The monoisotopic (exact) mass is 311 g/mol. The van der Waals surface area contributed by atoms with Crippen LogP contribution in [0, 0.1) is 13.8 Å². The lowest BCUT2D eigenvalue weighted by atomic mass is 10.0. The van der Waals surface area contributed by atoms with Gasteiger partial charge >= 0.3 is 0 Å². The summed E-state index contributed by atoms with van der Waals surface area (Å²) in [5.41, 5.74) is 3.68. The number of anilines is 1. The number of ketones is 1. The second-order valence-corrected chi connectivity index (χ2v) is 5.21. The average Bonchev–Trinajstić information content (AvgIpc) is 2.57. The van der Waals surface area contributed by atoms with E-state index in [-0.39, 0.29) is 5.78 Å². The van der Waals surface area contributed by atoms with Gasteiger partial charge in [0.2, 0.25) is 0 Å². The third-order valence-corrected chi connectivity index (χ3v) is 3.67. The number of aryl methyl sites for hydroxylation is 2. The average molecular weight is 311 g/mol. The maximum Gasteiger partial charge on any atom is 0.187 e. The summed E-state index contributed by atoms with van der Waals surface area (Å²) in [5.74, 6) is 1.33. The molecule has 0 saturated carbocycles. The number of nitrogens with one attached hydrogen (secondary N) is 1. The molecule has 0 aliphatic heterocycles. The van der Waals surface area contributed by atoms with Crippen LogP contribution in [0.5, 0.6) is 11.5 Å². The topological polar surface area (TPSA) is 47.6 Å². The highest BCUT2D eigenvalue weighted by Gasteiger charge is 2.05. The first kappa shape index (κ1) is 16.6. The van der Waals surface area contributed by atoms with Crippen molar-refractivity contribution in [3.63, 3.8) is 0 Å². The van der Waals surface area contributed by atoms with E-state index in [2.05, 4.69) is 5.32 Å². The Hall–Kier alpha value is -2.75. The number of hydrogen-bond acceptors (Lipinski definition) is 4. The van der Waals surface area contributed by atoms with E-state index >= 15 is 0 Å². The summed E-state index contributed by atoms with van der Waals surface area (Å²) in [6, 6.07) is 11.1. The summed E-state index contributed by atoms with van der Waals surface area (Å²) < 4.78 is 10.5. The van der Waals surface area contributed by atoms with Gasteiger partial charge in [-0.2, -0.15) is 0 Å². The first-order chi connectivity index (χ1) is 11.0. The van der Waals surface area contributed by atoms with Crippen LogP contribution in [0.2, 0.25) is 0 Å². The van der Waals surface area contributed by atoms with Crippen molar-refractivity contribution in [3.05, 3.63) is 65.4 Å². The van der Waals surface area contributed by atoms with Gasteiger partial charge in [0, 0.05) is 23.9 Å². The highest BCUT2D eigenvalue weighted by atomic mass is 16.5. The molecule has 0 aliphatic rings. The fraction of sp³-hybridized carbons (Fsp3) is 0.211. The third-order valence-electron chi connectivity index (χ3n) is 3.67. The van der Waals surface area contributed by atoms with Crippen molar-refractivity contribution in [2.45, 2.75) is 13.8 Å². The highest BCUT2D eigenvalue weighted by Crippen LogP contribution is 2.28. The van der Waals surface area contributed by atoms with Crippen molar-refractivity contribution in [3.8, 4) is 11.5 Å². The molecule has 0 saturated heterocycles. The zero-order chi connectivity index (χ0) is 16.8. The number of benzene rings is 2. The Morgan fingerprint density at radius 1 is 1.00 bits per heavy atom. The molecule has 4 heteroatoms. The Labute approximate surface area is 136 Å². The molecule has 2 aromatic rings. The first-order valence-corrected chi connectivity index (χ1v) is 7.32. The number of rotatable bonds is 6. The van der Waals surface area contributed by atoms with Crippen molar-refractivity contribution >= 4 is 11.5 Å². The van der Waals surface area contributed by atoms with E-state index in [4.69, 9.17) is 9.47 Å². The molecule has 4 nitrogen and oxygen atoms in total. The van der Waals surface area contributed by atoms with Crippen LogP contribution in [0.15, 0.2) is 48.7 Å². The van der Waals surface area contributed by atoms with E-state index in [0.29, 0.717) is 17.1 Å². The molecule has 0 spiro atoms. The van der Waals surface area contributed by atoms with Gasteiger partial charge in [0.15, 0.2) is 5.78 Å². The van der Waals surface area contributed by atoms with E-state index in [0.717, 1.165) is 11.3 Å². The Morgan fingerprint density at radius 3 is 2.43 bits per heavy atom. The molecule has 120 valence electrons. The summed E-state index contributed by atoms with van der Waals surface area (Å²) in [5, 5.41) is 3.06. The summed E-state index contributed by atoms with van der Waals surface area (Å²) in [6.07, 6.45) is 3.11. The molecule has 0 aromatic heterocycles. The van der Waals surface area contributed by atoms with Crippen LogP contribution < -0.4 is 14.8 Å². The van der Waals surface area contributed by atoms with Crippen LogP contribution >= 0.6 is 0 Å². The molecule has 23 heavy (non-hydrogen) atoms. The zero-order valence-electron chi connectivity index (χ0n) is 13.8. The molecule has 2 aromatic carbocycles. The Morgan fingerprint density at radius 2 is 1.78 bits per heavy atom. The van der Waals surface area contributed by atoms with Crippen LogP contribution in [-0.2, 0) is 0 Å². The van der Waals surface area contributed by atoms with Gasteiger partial charge in [-0.3, -0.25) is 4.79 Å². The van der Waals surface area contributed by atoms with Crippen LogP contribution in [0.4, 0.5) is 5.69 Å². The van der Waals surface area contributed by atoms with Gasteiger partial charge in [-0.1, -0.05) is 12.1 Å². The molecule has 2 rings (SSSR count). The van der Waals surface area contributed by atoms with Crippen molar-refractivity contribution in [2.24, 2.45) is 0 Å². The fourth-order valence-corrected chi connectivity index (χ4v) is 2.12. The summed E-state index contributed by atoms with van der Waals surface area (Å²) in [7, 11) is 3.20. The zero-order valence-corrected chi connectivity index (χ0v) is 13.8. The minimum absolute atomic E-state index is 0.0533. The van der Waals surface area contributed by atoms with Gasteiger partial charge in [0.25, 0.3) is 0 Å². The quantitative estimate of drug-likeness (QED) is 0.643. The van der Waals surface area contributed by atoms with Gasteiger partial charge in [-0.15, -0.1) is 0 Å². The van der Waals surface area contributed by atoms with Crippen LogP contribution in [-0.4, -0.2) is 20.0 Å². The third kappa shape index (κ3) is 4.13. The summed E-state index contributed by atoms with van der Waals surface area (Å²) in [6.45, 7) is 4.02. The van der Waals surface area contributed by atoms with Gasteiger partial charge < -0.3 is 14.8 Å². The molecule has 0 bridgehead atoms. The predicted octanol–water partition coefficient (Wildman–Crippen LogP) is 4.13. The number of ether oxygens (including phenoxy) is 2. The smallest absolute Gasteiger partial charge is 0.187 e.